The van der Waals surface area contributed by atoms with Gasteiger partial charge in [0.2, 0.25) is 5.91 Å². The van der Waals surface area contributed by atoms with Crippen LogP contribution in [0.15, 0.2) is 30.3 Å². The van der Waals surface area contributed by atoms with Crippen molar-refractivity contribution in [3.8, 4) is 0 Å². The van der Waals surface area contributed by atoms with Crippen LogP contribution in [0, 0.1) is 5.92 Å². The first-order valence-corrected chi connectivity index (χ1v) is 6.84. The summed E-state index contributed by atoms with van der Waals surface area (Å²) in [4.78, 5) is 14.4. The predicted molar refractivity (Wildman–Crippen MR) is 73.1 cm³/mol. The summed E-state index contributed by atoms with van der Waals surface area (Å²) in [6.45, 7) is 5.53. The molecule has 1 aliphatic rings. The van der Waals surface area contributed by atoms with Crippen LogP contribution in [0.4, 0.5) is 0 Å². The topological polar surface area (TPSA) is 32.3 Å². The molecule has 1 heterocycles. The Hall–Kier alpha value is -1.35. The van der Waals surface area contributed by atoms with E-state index in [1.807, 2.05) is 23.1 Å². The molecule has 0 radical (unpaired) electrons. The number of nitrogens with zero attached hydrogens (tertiary/aromatic N) is 1. The van der Waals surface area contributed by atoms with E-state index in [1.54, 1.807) is 0 Å². The van der Waals surface area contributed by atoms with Gasteiger partial charge in [-0.2, -0.15) is 0 Å². The Morgan fingerprint density at radius 3 is 2.78 bits per heavy atom. The van der Waals surface area contributed by atoms with Crippen molar-refractivity contribution in [3.63, 3.8) is 0 Å². The lowest BCUT2D eigenvalue weighted by molar-refractivity contribution is -0.135. The van der Waals surface area contributed by atoms with Crippen LogP contribution in [0.5, 0.6) is 0 Å². The molecule has 0 bridgehead atoms. The molecule has 0 saturated carbocycles. The van der Waals surface area contributed by atoms with Crippen molar-refractivity contribution in [2.75, 3.05) is 19.6 Å². The molecule has 2 rings (SSSR count). The highest BCUT2D eigenvalue weighted by Crippen LogP contribution is 2.14. The third-order valence-corrected chi connectivity index (χ3v) is 3.43. The number of rotatable bonds is 5. The molecular weight excluding hydrogens is 224 g/mol. The fourth-order valence-corrected chi connectivity index (χ4v) is 2.46. The molecule has 1 amide bonds. The lowest BCUT2D eigenvalue weighted by atomic mass is 10.1. The molecule has 0 aliphatic carbocycles. The molecule has 1 aromatic carbocycles. The van der Waals surface area contributed by atoms with Crippen LogP contribution in [0.1, 0.15) is 25.3 Å². The van der Waals surface area contributed by atoms with Crippen molar-refractivity contribution in [2.24, 2.45) is 5.92 Å². The molecule has 1 N–H and O–H groups in total. The van der Waals surface area contributed by atoms with Gasteiger partial charge in [0, 0.05) is 19.6 Å². The van der Waals surface area contributed by atoms with Gasteiger partial charge in [-0.15, -0.1) is 0 Å². The zero-order valence-electron chi connectivity index (χ0n) is 11.1. The van der Waals surface area contributed by atoms with Crippen LogP contribution in [-0.2, 0) is 11.3 Å². The van der Waals surface area contributed by atoms with Crippen LogP contribution in [-0.4, -0.2) is 30.4 Å². The third kappa shape index (κ3) is 3.33. The normalized spacial score (nSPS) is 18.8. The van der Waals surface area contributed by atoms with Crippen molar-refractivity contribution in [1.29, 1.82) is 0 Å². The Labute approximate surface area is 109 Å². The van der Waals surface area contributed by atoms with Crippen molar-refractivity contribution < 1.29 is 4.79 Å². The molecule has 18 heavy (non-hydrogen) atoms. The van der Waals surface area contributed by atoms with Crippen LogP contribution < -0.4 is 5.32 Å². The monoisotopic (exact) mass is 246 g/mol. The predicted octanol–water partition coefficient (Wildman–Crippen LogP) is 2.03. The van der Waals surface area contributed by atoms with Gasteiger partial charge < -0.3 is 10.2 Å². The number of carbonyl (C=O) groups excluding carboxylic acids is 1. The molecule has 1 saturated heterocycles. The van der Waals surface area contributed by atoms with Gasteiger partial charge in [0.1, 0.15) is 0 Å². The highest BCUT2D eigenvalue weighted by molar-refractivity contribution is 5.79. The van der Waals surface area contributed by atoms with E-state index in [9.17, 15) is 4.79 Å². The third-order valence-electron chi connectivity index (χ3n) is 3.43. The van der Waals surface area contributed by atoms with Gasteiger partial charge >= 0.3 is 0 Å². The second kappa shape index (κ2) is 6.55. The van der Waals surface area contributed by atoms with E-state index in [4.69, 9.17) is 0 Å². The molecule has 1 atom stereocenters. The number of hydrogen-bond acceptors (Lipinski definition) is 2. The Kier molecular flexibility index (Phi) is 4.76. The summed E-state index contributed by atoms with van der Waals surface area (Å²) in [5.74, 6) is 0.492. The summed E-state index contributed by atoms with van der Waals surface area (Å²) in [5, 5.41) is 3.27. The standard InChI is InChI=1S/C15H22N2O/c1-2-10-17(12-13-6-4-3-5-7-13)15(18)14-8-9-16-11-14/h3-7,14,16H,2,8-12H2,1H3. The first kappa shape index (κ1) is 13.1. The maximum absolute atomic E-state index is 12.4. The van der Waals surface area contributed by atoms with E-state index in [1.165, 1.54) is 5.56 Å². The van der Waals surface area contributed by atoms with E-state index in [0.717, 1.165) is 39.0 Å². The molecule has 1 aliphatic heterocycles. The summed E-state index contributed by atoms with van der Waals surface area (Å²) in [5.41, 5.74) is 1.21. The van der Waals surface area contributed by atoms with Gasteiger partial charge in [-0.1, -0.05) is 37.3 Å². The SMILES string of the molecule is CCCN(Cc1ccccc1)C(=O)C1CCNC1. The molecule has 3 nitrogen and oxygen atoms in total. The lowest BCUT2D eigenvalue weighted by Crippen LogP contribution is -2.37. The first-order valence-electron chi connectivity index (χ1n) is 6.84. The minimum absolute atomic E-state index is 0.181. The van der Waals surface area contributed by atoms with Crippen molar-refractivity contribution in [2.45, 2.75) is 26.3 Å². The quantitative estimate of drug-likeness (QED) is 0.862. The summed E-state index contributed by atoms with van der Waals surface area (Å²) in [6, 6.07) is 10.2. The number of amides is 1. The van der Waals surface area contributed by atoms with Crippen LogP contribution >= 0.6 is 0 Å². The van der Waals surface area contributed by atoms with Gasteiger partial charge in [-0.25, -0.2) is 0 Å². The summed E-state index contributed by atoms with van der Waals surface area (Å²) in [6.07, 6.45) is 1.99. The molecule has 1 fully saturated rings. The summed E-state index contributed by atoms with van der Waals surface area (Å²) in [7, 11) is 0. The maximum Gasteiger partial charge on any atom is 0.227 e. The molecule has 1 unspecified atom stereocenters. The Balaban J connectivity index is 2.00. The number of hydrogen-bond donors (Lipinski definition) is 1. The average Bonchev–Trinajstić information content (AvgIpc) is 2.92. The van der Waals surface area contributed by atoms with E-state index < -0.39 is 0 Å². The van der Waals surface area contributed by atoms with E-state index in [-0.39, 0.29) is 5.92 Å². The van der Waals surface area contributed by atoms with E-state index >= 15 is 0 Å². The van der Waals surface area contributed by atoms with E-state index in [2.05, 4.69) is 24.4 Å². The molecule has 0 spiro atoms. The second-order valence-electron chi connectivity index (χ2n) is 4.94. The molecule has 3 heteroatoms. The van der Waals surface area contributed by atoms with Crippen LogP contribution in [0.25, 0.3) is 0 Å². The molecule has 98 valence electrons. The molecular formula is C15H22N2O. The van der Waals surface area contributed by atoms with Crippen LogP contribution in [0.3, 0.4) is 0 Å². The van der Waals surface area contributed by atoms with Crippen LogP contribution in [0.2, 0.25) is 0 Å². The number of benzene rings is 1. The fourth-order valence-electron chi connectivity index (χ4n) is 2.46. The minimum atomic E-state index is 0.181. The maximum atomic E-state index is 12.4. The van der Waals surface area contributed by atoms with Crippen molar-refractivity contribution in [1.82, 2.24) is 10.2 Å². The second-order valence-corrected chi connectivity index (χ2v) is 4.94. The number of nitrogens with one attached hydrogen (secondary N) is 1. The largest absolute Gasteiger partial charge is 0.338 e. The van der Waals surface area contributed by atoms with Crippen molar-refractivity contribution in [3.05, 3.63) is 35.9 Å². The summed E-state index contributed by atoms with van der Waals surface area (Å²) < 4.78 is 0. The average molecular weight is 246 g/mol. The lowest BCUT2D eigenvalue weighted by Gasteiger charge is -2.25. The Morgan fingerprint density at radius 1 is 1.39 bits per heavy atom. The zero-order valence-corrected chi connectivity index (χ0v) is 11.1. The fraction of sp³-hybridized carbons (Fsp3) is 0.533. The van der Waals surface area contributed by atoms with Gasteiger partial charge in [-0.05, 0) is 24.9 Å². The highest BCUT2D eigenvalue weighted by Gasteiger charge is 2.26. The Morgan fingerprint density at radius 2 is 2.17 bits per heavy atom. The van der Waals surface area contributed by atoms with E-state index in [0.29, 0.717) is 5.91 Å². The van der Waals surface area contributed by atoms with Crippen molar-refractivity contribution >= 4 is 5.91 Å². The van der Waals surface area contributed by atoms with Gasteiger partial charge in [-0.3, -0.25) is 4.79 Å². The number of carbonyl (C=O) groups is 1. The highest BCUT2D eigenvalue weighted by atomic mass is 16.2. The zero-order chi connectivity index (χ0) is 12.8. The Bertz CT molecular complexity index is 371. The van der Waals surface area contributed by atoms with Gasteiger partial charge in [0.05, 0.1) is 5.92 Å². The van der Waals surface area contributed by atoms with Gasteiger partial charge in [0.25, 0.3) is 0 Å². The molecule has 0 aromatic heterocycles. The first-order chi connectivity index (χ1) is 8.81. The molecule has 1 aromatic rings. The summed E-state index contributed by atoms with van der Waals surface area (Å²) >= 11 is 0. The minimum Gasteiger partial charge on any atom is -0.338 e. The van der Waals surface area contributed by atoms with Gasteiger partial charge in [0.15, 0.2) is 0 Å². The smallest absolute Gasteiger partial charge is 0.227 e.